The maximum absolute atomic E-state index is 11.8. The molecule has 2 aromatic rings. The first-order valence-corrected chi connectivity index (χ1v) is 8.03. The summed E-state index contributed by atoms with van der Waals surface area (Å²) in [4.78, 5) is 19.4. The number of ether oxygens (including phenoxy) is 1. The van der Waals surface area contributed by atoms with Gasteiger partial charge in [-0.3, -0.25) is 0 Å². The molecule has 2 heterocycles. The Hall–Kier alpha value is -2.30. The standard InChI is InChI=1S/C18H23N3O2/c1-18(2,3)23-17(22)21-13-8-6-12(7-9-13)15-11-20-16-14(15)5-4-10-19-16/h4-6,10-11,13H,7-9H2,1-3H3,(H,19,20)(H,21,22)/t13-/m1/s1. The van der Waals surface area contributed by atoms with E-state index in [4.69, 9.17) is 4.74 Å². The number of hydrogen-bond donors (Lipinski definition) is 2. The molecule has 0 fully saturated rings. The van der Waals surface area contributed by atoms with E-state index in [-0.39, 0.29) is 12.1 Å². The molecule has 5 heteroatoms. The number of rotatable bonds is 2. The van der Waals surface area contributed by atoms with Crippen LogP contribution in [0.4, 0.5) is 4.79 Å². The Kier molecular flexibility index (Phi) is 4.11. The van der Waals surface area contributed by atoms with E-state index in [0.29, 0.717) is 0 Å². The van der Waals surface area contributed by atoms with Gasteiger partial charge in [-0.2, -0.15) is 0 Å². The molecule has 0 saturated carbocycles. The molecule has 1 aliphatic rings. The van der Waals surface area contributed by atoms with Crippen molar-refractivity contribution in [3.63, 3.8) is 0 Å². The number of aromatic nitrogens is 2. The largest absolute Gasteiger partial charge is 0.444 e. The molecule has 1 atom stereocenters. The summed E-state index contributed by atoms with van der Waals surface area (Å²) in [5.41, 5.74) is 2.98. The van der Waals surface area contributed by atoms with Crippen LogP contribution in [-0.4, -0.2) is 27.7 Å². The third-order valence-electron chi connectivity index (χ3n) is 3.93. The van der Waals surface area contributed by atoms with Crippen molar-refractivity contribution in [3.8, 4) is 0 Å². The van der Waals surface area contributed by atoms with Crippen LogP contribution in [0.2, 0.25) is 0 Å². The molecule has 2 N–H and O–H groups in total. The molecule has 2 aromatic heterocycles. The summed E-state index contributed by atoms with van der Waals surface area (Å²) in [7, 11) is 0. The lowest BCUT2D eigenvalue weighted by Gasteiger charge is -2.25. The second-order valence-corrected chi connectivity index (χ2v) is 6.95. The van der Waals surface area contributed by atoms with Gasteiger partial charge >= 0.3 is 6.09 Å². The SMILES string of the molecule is CC(C)(C)OC(=O)N[C@@H]1CC=C(c2c[nH]c3ncccc23)CC1. The zero-order chi connectivity index (χ0) is 16.4. The Morgan fingerprint density at radius 2 is 2.26 bits per heavy atom. The van der Waals surface area contributed by atoms with Crippen LogP contribution in [0.3, 0.4) is 0 Å². The summed E-state index contributed by atoms with van der Waals surface area (Å²) < 4.78 is 5.31. The van der Waals surface area contributed by atoms with E-state index in [1.165, 1.54) is 11.1 Å². The number of carbonyl (C=O) groups excluding carboxylic acids is 1. The van der Waals surface area contributed by atoms with Crippen molar-refractivity contribution >= 4 is 22.7 Å². The Bertz CT molecular complexity index is 740. The van der Waals surface area contributed by atoms with Crippen molar-refractivity contribution in [3.05, 3.63) is 36.2 Å². The van der Waals surface area contributed by atoms with Crippen LogP contribution in [0.25, 0.3) is 16.6 Å². The smallest absolute Gasteiger partial charge is 0.407 e. The summed E-state index contributed by atoms with van der Waals surface area (Å²) in [6, 6.07) is 4.17. The molecule has 0 bridgehead atoms. The number of fused-ring (bicyclic) bond motifs is 1. The molecule has 0 aliphatic heterocycles. The molecule has 1 amide bonds. The van der Waals surface area contributed by atoms with Gasteiger partial charge < -0.3 is 15.0 Å². The number of H-pyrrole nitrogens is 1. The van der Waals surface area contributed by atoms with Gasteiger partial charge in [-0.1, -0.05) is 6.08 Å². The second-order valence-electron chi connectivity index (χ2n) is 6.95. The van der Waals surface area contributed by atoms with Gasteiger partial charge in [-0.15, -0.1) is 0 Å². The second kappa shape index (κ2) is 6.07. The number of aromatic amines is 1. The molecule has 0 unspecified atom stereocenters. The summed E-state index contributed by atoms with van der Waals surface area (Å²) in [6.45, 7) is 5.61. The predicted octanol–water partition coefficient (Wildman–Crippen LogP) is 4.02. The lowest BCUT2D eigenvalue weighted by molar-refractivity contribution is 0.0502. The minimum atomic E-state index is -0.462. The molecular weight excluding hydrogens is 290 g/mol. The van der Waals surface area contributed by atoms with Crippen molar-refractivity contribution in [2.24, 2.45) is 0 Å². The lowest BCUT2D eigenvalue weighted by atomic mass is 9.91. The van der Waals surface area contributed by atoms with Crippen molar-refractivity contribution in [2.75, 3.05) is 0 Å². The first-order chi connectivity index (χ1) is 10.9. The Labute approximate surface area is 136 Å². The number of carbonyl (C=O) groups is 1. The zero-order valence-corrected chi connectivity index (χ0v) is 13.8. The maximum Gasteiger partial charge on any atom is 0.407 e. The number of hydrogen-bond acceptors (Lipinski definition) is 3. The molecule has 122 valence electrons. The van der Waals surface area contributed by atoms with Crippen molar-refractivity contribution in [2.45, 2.75) is 51.7 Å². The van der Waals surface area contributed by atoms with Gasteiger partial charge in [0.05, 0.1) is 0 Å². The van der Waals surface area contributed by atoms with E-state index >= 15 is 0 Å². The Morgan fingerprint density at radius 1 is 1.43 bits per heavy atom. The minimum absolute atomic E-state index is 0.136. The van der Waals surface area contributed by atoms with E-state index in [1.807, 2.05) is 33.0 Å². The van der Waals surface area contributed by atoms with Crippen LogP contribution >= 0.6 is 0 Å². The summed E-state index contributed by atoms with van der Waals surface area (Å²) >= 11 is 0. The predicted molar refractivity (Wildman–Crippen MR) is 91.1 cm³/mol. The normalized spacial score (nSPS) is 18.6. The van der Waals surface area contributed by atoms with Gasteiger partial charge in [0, 0.05) is 29.4 Å². The molecule has 5 nitrogen and oxygen atoms in total. The topological polar surface area (TPSA) is 67.0 Å². The maximum atomic E-state index is 11.8. The molecule has 23 heavy (non-hydrogen) atoms. The molecular formula is C18H23N3O2. The Morgan fingerprint density at radius 3 is 2.96 bits per heavy atom. The monoisotopic (exact) mass is 313 g/mol. The quantitative estimate of drug-likeness (QED) is 0.880. The van der Waals surface area contributed by atoms with Crippen LogP contribution in [0, 0.1) is 0 Å². The number of alkyl carbamates (subject to hydrolysis) is 1. The van der Waals surface area contributed by atoms with E-state index in [9.17, 15) is 4.79 Å². The van der Waals surface area contributed by atoms with Gasteiger partial charge in [-0.25, -0.2) is 9.78 Å². The molecule has 0 saturated heterocycles. The fourth-order valence-electron chi connectivity index (χ4n) is 2.91. The molecule has 1 aliphatic carbocycles. The lowest BCUT2D eigenvalue weighted by Crippen LogP contribution is -2.39. The van der Waals surface area contributed by atoms with Crippen LogP contribution in [0.5, 0.6) is 0 Å². The summed E-state index contributed by atoms with van der Waals surface area (Å²) in [5, 5.41) is 4.10. The summed E-state index contributed by atoms with van der Waals surface area (Å²) in [5.74, 6) is 0. The van der Waals surface area contributed by atoms with Gasteiger partial charge in [0.15, 0.2) is 0 Å². The van der Waals surface area contributed by atoms with Gasteiger partial charge in [0.2, 0.25) is 0 Å². The number of pyridine rings is 1. The average Bonchev–Trinajstić information content (AvgIpc) is 2.90. The fourth-order valence-corrected chi connectivity index (χ4v) is 2.91. The van der Waals surface area contributed by atoms with Crippen LogP contribution in [0.15, 0.2) is 30.6 Å². The molecule has 3 rings (SSSR count). The Balaban J connectivity index is 1.66. The first kappa shape index (κ1) is 15.6. The minimum Gasteiger partial charge on any atom is -0.444 e. The highest BCUT2D eigenvalue weighted by molar-refractivity contribution is 5.90. The van der Waals surface area contributed by atoms with E-state index in [2.05, 4.69) is 27.4 Å². The van der Waals surface area contributed by atoms with Crippen molar-refractivity contribution in [1.29, 1.82) is 0 Å². The van der Waals surface area contributed by atoms with Gasteiger partial charge in [-0.05, 0) is 57.7 Å². The number of nitrogens with zero attached hydrogens (tertiary/aromatic N) is 1. The van der Waals surface area contributed by atoms with E-state index < -0.39 is 5.60 Å². The van der Waals surface area contributed by atoms with Crippen LogP contribution in [0.1, 0.15) is 45.6 Å². The number of allylic oxidation sites excluding steroid dienone is 1. The third kappa shape index (κ3) is 3.73. The first-order valence-electron chi connectivity index (χ1n) is 8.03. The van der Waals surface area contributed by atoms with E-state index in [0.717, 1.165) is 30.3 Å². The average molecular weight is 313 g/mol. The zero-order valence-electron chi connectivity index (χ0n) is 13.8. The van der Waals surface area contributed by atoms with Crippen LogP contribution in [-0.2, 0) is 4.74 Å². The highest BCUT2D eigenvalue weighted by Crippen LogP contribution is 2.31. The third-order valence-corrected chi connectivity index (χ3v) is 3.93. The van der Waals surface area contributed by atoms with E-state index in [1.54, 1.807) is 6.20 Å². The highest BCUT2D eigenvalue weighted by Gasteiger charge is 2.22. The summed E-state index contributed by atoms with van der Waals surface area (Å²) in [6.07, 6.45) is 8.35. The fraction of sp³-hybridized carbons (Fsp3) is 0.444. The molecule has 0 aromatic carbocycles. The van der Waals surface area contributed by atoms with Crippen molar-refractivity contribution < 1.29 is 9.53 Å². The van der Waals surface area contributed by atoms with Crippen LogP contribution < -0.4 is 5.32 Å². The molecule has 0 spiro atoms. The number of nitrogens with one attached hydrogen (secondary N) is 2. The molecule has 0 radical (unpaired) electrons. The van der Waals surface area contributed by atoms with Gasteiger partial charge in [0.1, 0.15) is 11.2 Å². The van der Waals surface area contributed by atoms with Gasteiger partial charge in [0.25, 0.3) is 0 Å². The highest BCUT2D eigenvalue weighted by atomic mass is 16.6. The van der Waals surface area contributed by atoms with Crippen molar-refractivity contribution in [1.82, 2.24) is 15.3 Å². The number of amides is 1.